The van der Waals surface area contributed by atoms with Gasteiger partial charge in [0.2, 0.25) is 5.96 Å². The van der Waals surface area contributed by atoms with E-state index in [0.717, 1.165) is 17.0 Å². The zero-order valence-electron chi connectivity index (χ0n) is 17.7. The van der Waals surface area contributed by atoms with Gasteiger partial charge >= 0.3 is 6.03 Å². The molecule has 2 unspecified atom stereocenters. The molecule has 9 heteroatoms. The molecule has 30 heavy (non-hydrogen) atoms. The molecule has 0 saturated carbocycles. The normalized spacial score (nSPS) is 21.6. The number of aliphatic imine (C=N–C) groups is 1. The molecule has 1 fully saturated rings. The largest absolute Gasteiger partial charge is 0.328 e. The monoisotopic (exact) mass is 428 g/mol. The van der Waals surface area contributed by atoms with E-state index >= 15 is 0 Å². The molecule has 2 atom stereocenters. The highest BCUT2D eigenvalue weighted by Crippen LogP contribution is 2.31. The van der Waals surface area contributed by atoms with Crippen molar-refractivity contribution in [1.82, 2.24) is 24.5 Å². The van der Waals surface area contributed by atoms with Gasteiger partial charge in [-0.05, 0) is 45.4 Å². The van der Waals surface area contributed by atoms with Crippen LogP contribution in [0.5, 0.6) is 0 Å². The van der Waals surface area contributed by atoms with Gasteiger partial charge in [-0.3, -0.25) is 9.69 Å². The first-order chi connectivity index (χ1) is 14.2. The average molecular weight is 429 g/mol. The number of halogens is 1. The van der Waals surface area contributed by atoms with E-state index in [1.807, 2.05) is 56.9 Å². The lowest BCUT2D eigenvalue weighted by Crippen LogP contribution is -2.65. The highest BCUT2D eigenvalue weighted by atomic mass is 35.5. The fourth-order valence-corrected chi connectivity index (χ4v) is 4.31. The summed E-state index contributed by atoms with van der Waals surface area (Å²) in [7, 11) is 1.68. The van der Waals surface area contributed by atoms with E-state index in [-0.39, 0.29) is 24.5 Å². The van der Waals surface area contributed by atoms with Crippen LogP contribution in [0.25, 0.3) is 0 Å². The van der Waals surface area contributed by atoms with E-state index in [0.29, 0.717) is 11.0 Å². The number of imide groups is 1. The molecule has 3 heterocycles. The minimum absolute atomic E-state index is 0.0182. The molecule has 158 valence electrons. The number of carbonyl (C=O) groups is 2. The van der Waals surface area contributed by atoms with Crippen LogP contribution >= 0.6 is 11.6 Å². The fraction of sp³-hybridized carbons (Fsp3) is 0.429. The third-order valence-corrected chi connectivity index (χ3v) is 5.92. The van der Waals surface area contributed by atoms with Crippen molar-refractivity contribution in [2.75, 3.05) is 7.05 Å². The molecule has 1 aromatic carbocycles. The number of rotatable bonds is 3. The second-order valence-corrected chi connectivity index (χ2v) is 8.44. The summed E-state index contributed by atoms with van der Waals surface area (Å²) >= 11 is 6.28. The average Bonchev–Trinajstić information content (AvgIpc) is 3.24. The van der Waals surface area contributed by atoms with E-state index in [4.69, 9.17) is 16.6 Å². The Hall–Kier alpha value is -2.87. The second kappa shape index (κ2) is 7.43. The number of benzene rings is 1. The van der Waals surface area contributed by atoms with Crippen LogP contribution in [-0.4, -0.2) is 67.7 Å². The van der Waals surface area contributed by atoms with Crippen molar-refractivity contribution in [3.63, 3.8) is 0 Å². The predicted molar refractivity (Wildman–Crippen MR) is 114 cm³/mol. The predicted octanol–water partition coefficient (Wildman–Crippen LogP) is 2.87. The van der Waals surface area contributed by atoms with Crippen molar-refractivity contribution in [2.45, 2.75) is 52.5 Å². The van der Waals surface area contributed by atoms with Crippen molar-refractivity contribution in [1.29, 1.82) is 0 Å². The van der Waals surface area contributed by atoms with E-state index < -0.39 is 12.2 Å². The molecule has 0 spiro atoms. The highest BCUT2D eigenvalue weighted by Gasteiger charge is 2.53. The molecule has 0 radical (unpaired) electrons. The van der Waals surface area contributed by atoms with E-state index in [2.05, 4.69) is 5.10 Å². The molecule has 2 aliphatic rings. The fourth-order valence-electron chi connectivity index (χ4n) is 4.12. The van der Waals surface area contributed by atoms with Crippen LogP contribution in [0.2, 0.25) is 5.02 Å². The zero-order valence-corrected chi connectivity index (χ0v) is 18.5. The Morgan fingerprint density at radius 1 is 1.17 bits per heavy atom. The van der Waals surface area contributed by atoms with Gasteiger partial charge in [0.05, 0.1) is 12.2 Å². The van der Waals surface area contributed by atoms with Gasteiger partial charge in [0.15, 0.2) is 12.2 Å². The minimum Gasteiger partial charge on any atom is -0.323 e. The smallest absolute Gasteiger partial charge is 0.323 e. The summed E-state index contributed by atoms with van der Waals surface area (Å²) in [4.78, 5) is 36.1. The maximum absolute atomic E-state index is 13.6. The first kappa shape index (κ1) is 20.4. The summed E-state index contributed by atoms with van der Waals surface area (Å²) in [5.74, 6) is 0.301. The third-order valence-electron chi connectivity index (χ3n) is 5.55. The van der Waals surface area contributed by atoms with Crippen LogP contribution in [0, 0.1) is 13.8 Å². The summed E-state index contributed by atoms with van der Waals surface area (Å²) in [5.41, 5.74) is 2.51. The maximum Gasteiger partial charge on any atom is 0.328 e. The number of amides is 3. The number of nitrogens with zero attached hydrogens (tertiary/aromatic N) is 6. The molecule has 1 saturated heterocycles. The van der Waals surface area contributed by atoms with Gasteiger partial charge in [-0.15, -0.1) is 0 Å². The van der Waals surface area contributed by atoms with Crippen LogP contribution in [0.3, 0.4) is 0 Å². The number of urea groups is 1. The standard InChI is InChI=1S/C21H25ClN6O2/c1-12(2)27-17-18(23-20(27)28-14(4)10-13(3)24-28)25(5)21(30)26(19(17)29)11-15-8-6-7-9-16(15)22/h6-10,12,17-18H,11H2,1-5H3. The summed E-state index contributed by atoms with van der Waals surface area (Å²) in [5, 5.41) is 5.07. The molecular formula is C21H25ClN6O2. The van der Waals surface area contributed by atoms with Gasteiger partial charge in [0, 0.05) is 23.8 Å². The Labute approximate surface area is 180 Å². The van der Waals surface area contributed by atoms with E-state index in [1.54, 1.807) is 17.8 Å². The lowest BCUT2D eigenvalue weighted by atomic mass is 10.1. The van der Waals surface area contributed by atoms with Crippen LogP contribution in [-0.2, 0) is 11.3 Å². The molecule has 1 aromatic heterocycles. The molecule has 2 aliphatic heterocycles. The number of hydrogen-bond donors (Lipinski definition) is 0. The number of fused-ring (bicyclic) bond motifs is 1. The first-order valence-electron chi connectivity index (χ1n) is 9.92. The quantitative estimate of drug-likeness (QED) is 0.753. The minimum atomic E-state index is -0.617. The Kier molecular flexibility index (Phi) is 5.05. The number of aromatic nitrogens is 2. The summed E-state index contributed by atoms with van der Waals surface area (Å²) in [6, 6.07) is 8.17. The summed E-state index contributed by atoms with van der Waals surface area (Å²) < 4.78 is 1.75. The van der Waals surface area contributed by atoms with Gasteiger partial charge < -0.3 is 9.80 Å². The summed E-state index contributed by atoms with van der Waals surface area (Å²) in [6.45, 7) is 7.99. The molecule has 3 amide bonds. The number of likely N-dealkylation sites (N-methyl/N-ethyl adjacent to an activating group) is 1. The number of carbonyl (C=O) groups excluding carboxylic acids is 2. The lowest BCUT2D eigenvalue weighted by Gasteiger charge is -2.42. The zero-order chi connectivity index (χ0) is 21.7. The molecule has 8 nitrogen and oxygen atoms in total. The van der Waals surface area contributed by atoms with Crippen molar-refractivity contribution in [3.8, 4) is 0 Å². The Morgan fingerprint density at radius 2 is 1.87 bits per heavy atom. The van der Waals surface area contributed by atoms with Crippen LogP contribution < -0.4 is 0 Å². The van der Waals surface area contributed by atoms with Gasteiger partial charge in [-0.25, -0.2) is 14.5 Å². The molecule has 0 bridgehead atoms. The van der Waals surface area contributed by atoms with Crippen molar-refractivity contribution < 1.29 is 9.59 Å². The molecule has 4 rings (SSSR count). The van der Waals surface area contributed by atoms with Gasteiger partial charge in [0.1, 0.15) is 0 Å². The second-order valence-electron chi connectivity index (χ2n) is 8.04. The molecular weight excluding hydrogens is 404 g/mol. The highest BCUT2D eigenvalue weighted by molar-refractivity contribution is 6.31. The Bertz CT molecular complexity index is 1050. The SMILES string of the molecule is Cc1cc(C)n(C2=NC3C(C(=O)N(Cc4ccccc4Cl)C(=O)N3C)N2C(C)C)n1. The Morgan fingerprint density at radius 3 is 2.47 bits per heavy atom. The van der Waals surface area contributed by atoms with E-state index in [1.165, 1.54) is 9.80 Å². The molecule has 0 aliphatic carbocycles. The topological polar surface area (TPSA) is 74.0 Å². The van der Waals surface area contributed by atoms with Gasteiger partial charge in [0.25, 0.3) is 5.91 Å². The van der Waals surface area contributed by atoms with E-state index in [9.17, 15) is 9.59 Å². The first-order valence-corrected chi connectivity index (χ1v) is 10.3. The number of hydrogen-bond acceptors (Lipinski definition) is 5. The maximum atomic E-state index is 13.6. The van der Waals surface area contributed by atoms with Crippen LogP contribution in [0.15, 0.2) is 35.3 Å². The van der Waals surface area contributed by atoms with Crippen molar-refractivity contribution in [2.24, 2.45) is 4.99 Å². The third kappa shape index (κ3) is 3.15. The Balaban J connectivity index is 1.73. The van der Waals surface area contributed by atoms with Crippen molar-refractivity contribution in [3.05, 3.63) is 52.3 Å². The van der Waals surface area contributed by atoms with Crippen LogP contribution in [0.4, 0.5) is 4.79 Å². The molecule has 2 aromatic rings. The number of aryl methyl sites for hydroxylation is 2. The van der Waals surface area contributed by atoms with Gasteiger partial charge in [-0.1, -0.05) is 29.8 Å². The van der Waals surface area contributed by atoms with Crippen molar-refractivity contribution >= 4 is 29.5 Å². The van der Waals surface area contributed by atoms with Crippen LogP contribution in [0.1, 0.15) is 30.8 Å². The lowest BCUT2D eigenvalue weighted by molar-refractivity contribution is -0.138. The molecule has 0 N–H and O–H groups in total. The van der Waals surface area contributed by atoms with Gasteiger partial charge in [-0.2, -0.15) is 5.10 Å². The summed E-state index contributed by atoms with van der Waals surface area (Å²) in [6.07, 6.45) is -0.603.